The molecule has 2 aromatic carbocycles. The minimum atomic E-state index is 0.178. The molecule has 2 aliphatic carbocycles. The van der Waals surface area contributed by atoms with Crippen molar-refractivity contribution in [2.24, 2.45) is 0 Å². The van der Waals surface area contributed by atoms with Gasteiger partial charge in [0.05, 0.1) is 11.6 Å². The zero-order valence-corrected chi connectivity index (χ0v) is 11.5. The first kappa shape index (κ1) is 11.7. The lowest BCUT2D eigenvalue weighted by Gasteiger charge is -2.35. The Balaban J connectivity index is 2.02. The number of nitrogens with zero attached hydrogens (tertiary/aromatic N) is 1. The van der Waals surface area contributed by atoms with Crippen LogP contribution in [0.5, 0.6) is 0 Å². The lowest BCUT2D eigenvalue weighted by atomic mass is 9.67. The van der Waals surface area contributed by atoms with E-state index in [4.69, 9.17) is 0 Å². The van der Waals surface area contributed by atoms with Gasteiger partial charge in [0.15, 0.2) is 0 Å². The van der Waals surface area contributed by atoms with Gasteiger partial charge in [0.2, 0.25) is 0 Å². The molecule has 1 saturated carbocycles. The summed E-state index contributed by atoms with van der Waals surface area (Å²) in [5.41, 5.74) is 6.59. The van der Waals surface area contributed by atoms with Crippen molar-refractivity contribution in [3.05, 3.63) is 59.2 Å². The molecule has 0 N–H and O–H groups in total. The van der Waals surface area contributed by atoms with Crippen LogP contribution in [-0.2, 0) is 5.41 Å². The van der Waals surface area contributed by atoms with Gasteiger partial charge in [-0.2, -0.15) is 5.26 Å². The van der Waals surface area contributed by atoms with Crippen LogP contribution in [0.15, 0.2) is 42.5 Å². The number of hydrogen-bond donors (Lipinski definition) is 0. The summed E-state index contributed by atoms with van der Waals surface area (Å²) in [7, 11) is 0. The van der Waals surface area contributed by atoms with Crippen molar-refractivity contribution in [3.63, 3.8) is 0 Å². The average molecular weight is 259 g/mol. The summed E-state index contributed by atoms with van der Waals surface area (Å²) < 4.78 is 0. The van der Waals surface area contributed by atoms with E-state index >= 15 is 0 Å². The third kappa shape index (κ3) is 1.42. The van der Waals surface area contributed by atoms with Crippen LogP contribution in [0.1, 0.15) is 48.8 Å². The number of benzene rings is 2. The van der Waals surface area contributed by atoms with Gasteiger partial charge in [0.25, 0.3) is 0 Å². The molecule has 1 nitrogen and oxygen atoms in total. The first-order valence-electron chi connectivity index (χ1n) is 7.50. The van der Waals surface area contributed by atoms with Gasteiger partial charge < -0.3 is 0 Å². The van der Waals surface area contributed by atoms with Crippen molar-refractivity contribution in [2.75, 3.05) is 0 Å². The molecule has 0 aliphatic heterocycles. The van der Waals surface area contributed by atoms with Crippen molar-refractivity contribution >= 4 is 0 Å². The third-order valence-corrected chi connectivity index (χ3v) is 5.10. The molecule has 0 atom stereocenters. The molecule has 20 heavy (non-hydrogen) atoms. The van der Waals surface area contributed by atoms with E-state index in [-0.39, 0.29) is 5.41 Å². The highest BCUT2D eigenvalue weighted by Crippen LogP contribution is 2.55. The fourth-order valence-electron chi connectivity index (χ4n) is 4.22. The summed E-state index contributed by atoms with van der Waals surface area (Å²) in [4.78, 5) is 0. The molecule has 0 amide bonds. The summed E-state index contributed by atoms with van der Waals surface area (Å²) in [6, 6.07) is 17.4. The van der Waals surface area contributed by atoms with Crippen LogP contribution in [0.25, 0.3) is 11.1 Å². The molecular weight excluding hydrogens is 242 g/mol. The molecule has 4 rings (SSSR count). The van der Waals surface area contributed by atoms with Crippen molar-refractivity contribution in [1.82, 2.24) is 0 Å². The molecule has 0 aromatic heterocycles. The Morgan fingerprint density at radius 2 is 1.60 bits per heavy atom. The van der Waals surface area contributed by atoms with E-state index in [9.17, 15) is 5.26 Å². The van der Waals surface area contributed by atoms with Gasteiger partial charge in [0.1, 0.15) is 0 Å². The topological polar surface area (TPSA) is 23.8 Å². The first-order chi connectivity index (χ1) is 9.85. The van der Waals surface area contributed by atoms with Crippen molar-refractivity contribution in [3.8, 4) is 17.2 Å². The van der Waals surface area contributed by atoms with E-state index in [1.807, 2.05) is 6.07 Å². The van der Waals surface area contributed by atoms with Gasteiger partial charge in [0, 0.05) is 5.41 Å². The fourth-order valence-corrected chi connectivity index (χ4v) is 4.22. The van der Waals surface area contributed by atoms with E-state index < -0.39 is 0 Å². The SMILES string of the molecule is N#Cc1ccc2c(c1)C1(CCCCC1)c1ccccc1-2. The van der Waals surface area contributed by atoms with Crippen LogP contribution in [0, 0.1) is 11.3 Å². The van der Waals surface area contributed by atoms with E-state index in [0.29, 0.717) is 0 Å². The molecular formula is C19H17N. The zero-order chi connectivity index (χ0) is 13.6. The van der Waals surface area contributed by atoms with Crippen LogP contribution in [0.2, 0.25) is 0 Å². The van der Waals surface area contributed by atoms with Crippen LogP contribution in [0.4, 0.5) is 0 Å². The van der Waals surface area contributed by atoms with Crippen molar-refractivity contribution in [2.45, 2.75) is 37.5 Å². The quantitative estimate of drug-likeness (QED) is 0.667. The second-order valence-electron chi connectivity index (χ2n) is 6.06. The summed E-state index contributed by atoms with van der Waals surface area (Å²) in [6.45, 7) is 0. The van der Waals surface area contributed by atoms with E-state index in [1.165, 1.54) is 54.4 Å². The van der Waals surface area contributed by atoms with Crippen molar-refractivity contribution < 1.29 is 0 Å². The van der Waals surface area contributed by atoms with E-state index in [1.54, 1.807) is 0 Å². The first-order valence-corrected chi connectivity index (χ1v) is 7.50. The Labute approximate surface area is 119 Å². The summed E-state index contributed by atoms with van der Waals surface area (Å²) >= 11 is 0. The molecule has 0 saturated heterocycles. The lowest BCUT2D eigenvalue weighted by Crippen LogP contribution is -2.28. The average Bonchev–Trinajstić information content (AvgIpc) is 2.79. The number of fused-ring (bicyclic) bond motifs is 5. The van der Waals surface area contributed by atoms with Crippen LogP contribution >= 0.6 is 0 Å². The molecule has 98 valence electrons. The molecule has 2 aromatic rings. The highest BCUT2D eigenvalue weighted by atomic mass is 14.5. The van der Waals surface area contributed by atoms with Crippen LogP contribution in [-0.4, -0.2) is 0 Å². The largest absolute Gasteiger partial charge is 0.192 e. The Kier molecular flexibility index (Phi) is 2.47. The zero-order valence-electron chi connectivity index (χ0n) is 11.5. The fraction of sp³-hybridized carbons (Fsp3) is 0.316. The highest BCUT2D eigenvalue weighted by Gasteiger charge is 2.43. The third-order valence-electron chi connectivity index (χ3n) is 5.10. The maximum absolute atomic E-state index is 9.22. The van der Waals surface area contributed by atoms with E-state index in [2.05, 4.69) is 42.5 Å². The molecule has 1 spiro atoms. The van der Waals surface area contributed by atoms with Crippen LogP contribution < -0.4 is 0 Å². The van der Waals surface area contributed by atoms with Gasteiger partial charge in [-0.15, -0.1) is 0 Å². The van der Waals surface area contributed by atoms with Gasteiger partial charge in [-0.3, -0.25) is 0 Å². The molecule has 2 aliphatic rings. The predicted octanol–water partition coefficient (Wildman–Crippen LogP) is 4.79. The van der Waals surface area contributed by atoms with Crippen molar-refractivity contribution in [1.29, 1.82) is 5.26 Å². The lowest BCUT2D eigenvalue weighted by molar-refractivity contribution is 0.353. The van der Waals surface area contributed by atoms with Crippen LogP contribution in [0.3, 0.4) is 0 Å². The number of nitriles is 1. The minimum Gasteiger partial charge on any atom is -0.192 e. The van der Waals surface area contributed by atoms with Gasteiger partial charge >= 0.3 is 0 Å². The Morgan fingerprint density at radius 1 is 0.850 bits per heavy atom. The van der Waals surface area contributed by atoms with Gasteiger partial charge in [-0.1, -0.05) is 49.6 Å². The Hall–Kier alpha value is -2.07. The minimum absolute atomic E-state index is 0.178. The molecule has 1 fully saturated rings. The summed E-state index contributed by atoms with van der Waals surface area (Å²) in [5, 5.41) is 9.22. The number of hydrogen-bond acceptors (Lipinski definition) is 1. The maximum atomic E-state index is 9.22. The second-order valence-corrected chi connectivity index (χ2v) is 6.06. The summed E-state index contributed by atoms with van der Waals surface area (Å²) in [5.74, 6) is 0. The normalized spacial score (nSPS) is 18.4. The van der Waals surface area contributed by atoms with E-state index in [0.717, 1.165) is 5.56 Å². The molecule has 0 bridgehead atoms. The summed E-state index contributed by atoms with van der Waals surface area (Å²) in [6.07, 6.45) is 6.39. The second kappa shape index (κ2) is 4.21. The van der Waals surface area contributed by atoms with Gasteiger partial charge in [-0.05, 0) is 47.2 Å². The maximum Gasteiger partial charge on any atom is 0.0991 e. The number of rotatable bonds is 0. The Morgan fingerprint density at radius 3 is 2.40 bits per heavy atom. The molecule has 0 heterocycles. The standard InChI is InChI=1S/C19H17N/c20-13-14-8-9-16-15-6-2-3-7-17(15)19(18(16)12-14)10-4-1-5-11-19/h2-3,6-9,12H,1,4-5,10-11H2. The predicted molar refractivity (Wildman–Crippen MR) is 80.5 cm³/mol. The molecule has 1 heteroatoms. The highest BCUT2D eigenvalue weighted by molar-refractivity contribution is 5.81. The monoisotopic (exact) mass is 259 g/mol. The smallest absolute Gasteiger partial charge is 0.0991 e. The molecule has 0 radical (unpaired) electrons. The van der Waals surface area contributed by atoms with Gasteiger partial charge in [-0.25, -0.2) is 0 Å². The Bertz CT molecular complexity index is 715. The molecule has 0 unspecified atom stereocenters.